The number of benzene rings is 2. The SMILES string of the molecule is C/C=C\C=C/NC(C)=NC(c1ccc(Cl)cc1Cl)c1ccc2c(c1O)N=CCCC2. The molecule has 30 heavy (non-hydrogen) atoms. The summed E-state index contributed by atoms with van der Waals surface area (Å²) in [6.45, 7) is 3.82. The summed E-state index contributed by atoms with van der Waals surface area (Å²) < 4.78 is 0. The molecule has 3 rings (SSSR count). The normalized spacial score (nSPS) is 15.4. The average molecular weight is 442 g/mol. The van der Waals surface area contributed by atoms with Crippen molar-refractivity contribution >= 4 is 40.9 Å². The first-order chi connectivity index (χ1) is 14.5. The molecule has 6 heteroatoms. The van der Waals surface area contributed by atoms with Gasteiger partial charge in [0.15, 0.2) is 0 Å². The molecule has 0 amide bonds. The molecular formula is C24H25Cl2N3O. The fourth-order valence-electron chi connectivity index (χ4n) is 3.34. The Bertz CT molecular complexity index is 1030. The lowest BCUT2D eigenvalue weighted by Crippen LogP contribution is -2.15. The highest BCUT2D eigenvalue weighted by Gasteiger charge is 2.23. The Morgan fingerprint density at radius 2 is 2.00 bits per heavy atom. The number of amidine groups is 1. The van der Waals surface area contributed by atoms with Gasteiger partial charge in [-0.3, -0.25) is 9.98 Å². The number of aromatic hydroxyl groups is 1. The van der Waals surface area contributed by atoms with Crippen molar-refractivity contribution in [2.24, 2.45) is 9.98 Å². The van der Waals surface area contributed by atoms with Gasteiger partial charge in [-0.15, -0.1) is 0 Å². The van der Waals surface area contributed by atoms with Crippen molar-refractivity contribution in [2.75, 3.05) is 0 Å². The summed E-state index contributed by atoms with van der Waals surface area (Å²) in [5, 5.41) is 15.3. The lowest BCUT2D eigenvalue weighted by atomic mass is 9.95. The number of nitrogens with one attached hydrogen (secondary N) is 1. The van der Waals surface area contributed by atoms with Crippen molar-refractivity contribution in [1.82, 2.24) is 5.32 Å². The molecule has 0 radical (unpaired) electrons. The van der Waals surface area contributed by atoms with Gasteiger partial charge in [0.1, 0.15) is 17.5 Å². The molecule has 2 N–H and O–H groups in total. The Balaban J connectivity index is 2.09. The van der Waals surface area contributed by atoms with Crippen LogP contribution in [0.2, 0.25) is 10.0 Å². The first-order valence-corrected chi connectivity index (χ1v) is 10.7. The van der Waals surface area contributed by atoms with Gasteiger partial charge in [0.05, 0.1) is 5.84 Å². The zero-order chi connectivity index (χ0) is 21.5. The number of allylic oxidation sites excluding steroid dienone is 3. The second kappa shape index (κ2) is 10.5. The minimum atomic E-state index is -0.513. The van der Waals surface area contributed by atoms with Gasteiger partial charge in [-0.05, 0) is 62.4 Å². The van der Waals surface area contributed by atoms with E-state index in [9.17, 15) is 5.11 Å². The van der Waals surface area contributed by atoms with Crippen LogP contribution < -0.4 is 5.32 Å². The molecule has 0 fully saturated rings. The molecule has 0 aromatic heterocycles. The maximum atomic E-state index is 11.1. The third kappa shape index (κ3) is 5.32. The van der Waals surface area contributed by atoms with E-state index in [1.54, 1.807) is 18.3 Å². The molecule has 1 aliphatic rings. The van der Waals surface area contributed by atoms with Crippen LogP contribution in [-0.4, -0.2) is 17.2 Å². The Hall–Kier alpha value is -2.56. The number of nitrogens with zero attached hydrogens (tertiary/aromatic N) is 2. The Morgan fingerprint density at radius 3 is 2.77 bits per heavy atom. The first kappa shape index (κ1) is 22.1. The summed E-state index contributed by atoms with van der Waals surface area (Å²) in [4.78, 5) is 9.33. The minimum absolute atomic E-state index is 0.141. The number of halogens is 2. The summed E-state index contributed by atoms with van der Waals surface area (Å²) in [5.74, 6) is 0.826. The van der Waals surface area contributed by atoms with E-state index in [-0.39, 0.29) is 5.75 Å². The molecule has 156 valence electrons. The van der Waals surface area contributed by atoms with Crippen molar-refractivity contribution < 1.29 is 5.11 Å². The van der Waals surface area contributed by atoms with Crippen LogP contribution in [0.15, 0.2) is 64.7 Å². The highest BCUT2D eigenvalue weighted by molar-refractivity contribution is 6.35. The Labute approximate surface area is 187 Å². The molecule has 1 atom stereocenters. The molecule has 4 nitrogen and oxygen atoms in total. The van der Waals surface area contributed by atoms with Gasteiger partial charge in [0, 0.05) is 28.0 Å². The number of fused-ring (bicyclic) bond motifs is 1. The van der Waals surface area contributed by atoms with E-state index in [1.165, 1.54) is 0 Å². The second-order valence-corrected chi connectivity index (χ2v) is 7.87. The molecule has 0 bridgehead atoms. The monoisotopic (exact) mass is 441 g/mol. The van der Waals surface area contributed by atoms with Crippen LogP contribution in [0.1, 0.15) is 49.4 Å². The summed E-state index contributed by atoms with van der Waals surface area (Å²) in [7, 11) is 0. The van der Waals surface area contributed by atoms with Crippen molar-refractivity contribution in [3.63, 3.8) is 0 Å². The predicted octanol–water partition coefficient (Wildman–Crippen LogP) is 6.92. The zero-order valence-corrected chi connectivity index (χ0v) is 18.6. The van der Waals surface area contributed by atoms with Gasteiger partial charge >= 0.3 is 0 Å². The molecule has 1 unspecified atom stereocenters. The number of rotatable bonds is 5. The van der Waals surface area contributed by atoms with Gasteiger partial charge in [0.2, 0.25) is 0 Å². The van der Waals surface area contributed by atoms with Crippen molar-refractivity contribution in [2.45, 2.75) is 39.2 Å². The molecule has 2 aromatic rings. The Morgan fingerprint density at radius 1 is 1.20 bits per heavy atom. The van der Waals surface area contributed by atoms with Crippen molar-refractivity contribution in [1.29, 1.82) is 0 Å². The molecule has 1 aliphatic heterocycles. The number of phenols is 1. The van der Waals surface area contributed by atoms with E-state index in [0.29, 0.717) is 27.1 Å². The first-order valence-electron chi connectivity index (χ1n) is 9.92. The Kier molecular flexibility index (Phi) is 7.72. The van der Waals surface area contributed by atoms with Crippen LogP contribution in [0.5, 0.6) is 5.75 Å². The summed E-state index contributed by atoms with van der Waals surface area (Å²) in [5.41, 5.74) is 3.07. The van der Waals surface area contributed by atoms with Gasteiger partial charge in [-0.1, -0.05) is 53.6 Å². The van der Waals surface area contributed by atoms with E-state index in [1.807, 2.05) is 56.5 Å². The smallest absolute Gasteiger partial charge is 0.147 e. The summed E-state index contributed by atoms with van der Waals surface area (Å²) >= 11 is 12.6. The second-order valence-electron chi connectivity index (χ2n) is 7.03. The standard InChI is InChI=1S/C24H25Cl2N3O/c1-3-4-6-13-27-16(2)29-23(19-12-10-18(25)15-21(19)26)20-11-9-17-8-5-7-14-28-22(17)24(20)30/h3-4,6,9-15,23,30H,5,7-8H2,1-2H3,(H,27,29)/b4-3-,13-6-. The van der Waals surface area contributed by atoms with Crippen LogP contribution in [0, 0.1) is 0 Å². The highest BCUT2D eigenvalue weighted by Crippen LogP contribution is 2.43. The van der Waals surface area contributed by atoms with E-state index >= 15 is 0 Å². The van der Waals surface area contributed by atoms with Crippen LogP contribution in [0.25, 0.3) is 0 Å². The number of aryl methyl sites for hydroxylation is 1. The number of hydrogen-bond donors (Lipinski definition) is 2. The lowest BCUT2D eigenvalue weighted by molar-refractivity contribution is 0.466. The molecule has 0 spiro atoms. The third-order valence-corrected chi connectivity index (χ3v) is 5.39. The van der Waals surface area contributed by atoms with E-state index in [0.717, 1.165) is 30.4 Å². The average Bonchev–Trinajstić information content (AvgIpc) is 2.97. The fraction of sp³-hybridized carbons (Fsp3) is 0.250. The maximum Gasteiger partial charge on any atom is 0.147 e. The number of hydrogen-bond acceptors (Lipinski definition) is 3. The number of aliphatic imine (C=N–C) groups is 2. The summed E-state index contributed by atoms with van der Waals surface area (Å²) in [6, 6.07) is 8.73. The van der Waals surface area contributed by atoms with Gasteiger partial charge in [-0.25, -0.2) is 0 Å². The third-order valence-electron chi connectivity index (χ3n) is 4.83. The molecule has 0 aliphatic carbocycles. The van der Waals surface area contributed by atoms with Crippen molar-refractivity contribution in [3.8, 4) is 5.75 Å². The van der Waals surface area contributed by atoms with E-state index in [2.05, 4.69) is 10.3 Å². The minimum Gasteiger partial charge on any atom is -0.505 e. The molecule has 1 heterocycles. The van der Waals surface area contributed by atoms with Crippen molar-refractivity contribution in [3.05, 3.63) is 81.5 Å². The predicted molar refractivity (Wildman–Crippen MR) is 128 cm³/mol. The van der Waals surface area contributed by atoms with Crippen LogP contribution in [-0.2, 0) is 6.42 Å². The lowest BCUT2D eigenvalue weighted by Gasteiger charge is -2.20. The van der Waals surface area contributed by atoms with Crippen LogP contribution >= 0.6 is 23.2 Å². The highest BCUT2D eigenvalue weighted by atomic mass is 35.5. The molecule has 0 saturated heterocycles. The topological polar surface area (TPSA) is 57.0 Å². The number of phenolic OH excluding ortho intramolecular Hbond substituents is 1. The van der Waals surface area contributed by atoms with Gasteiger partial charge in [0.25, 0.3) is 0 Å². The maximum absolute atomic E-state index is 11.1. The molecule has 2 aromatic carbocycles. The molecular weight excluding hydrogens is 417 g/mol. The summed E-state index contributed by atoms with van der Waals surface area (Å²) in [6.07, 6.45) is 12.2. The van der Waals surface area contributed by atoms with Crippen LogP contribution in [0.3, 0.4) is 0 Å². The van der Waals surface area contributed by atoms with Crippen LogP contribution in [0.4, 0.5) is 5.69 Å². The fourth-order valence-corrected chi connectivity index (χ4v) is 3.85. The quantitative estimate of drug-likeness (QED) is 0.300. The van der Waals surface area contributed by atoms with Gasteiger partial charge < -0.3 is 10.4 Å². The van der Waals surface area contributed by atoms with E-state index < -0.39 is 6.04 Å². The van der Waals surface area contributed by atoms with E-state index in [4.69, 9.17) is 28.2 Å². The van der Waals surface area contributed by atoms with Gasteiger partial charge in [-0.2, -0.15) is 0 Å². The largest absolute Gasteiger partial charge is 0.505 e. The molecule has 0 saturated carbocycles. The zero-order valence-electron chi connectivity index (χ0n) is 17.1.